The molecule has 95 heavy (non-hydrogen) atoms. The molecule has 0 saturated heterocycles. The number of para-hydroxylation sites is 3. The van der Waals surface area contributed by atoms with Crippen LogP contribution in [0.2, 0.25) is 0 Å². The second-order valence-corrected chi connectivity index (χ2v) is 31.2. The van der Waals surface area contributed by atoms with Gasteiger partial charge in [-0.25, -0.2) is 8.78 Å². The second-order valence-electron chi connectivity index (χ2n) is 21.2. The van der Waals surface area contributed by atoms with Crippen LogP contribution >= 0.6 is 56.0 Å². The minimum Gasteiger partial charge on any atom is -0.490 e. The molecule has 12 aromatic carbocycles. The van der Waals surface area contributed by atoms with Crippen LogP contribution in [0.4, 0.5) is 8.78 Å². The Morgan fingerprint density at radius 2 is 0.695 bits per heavy atom. The van der Waals surface area contributed by atoms with Gasteiger partial charge in [0.25, 0.3) is 10.1 Å². The van der Waals surface area contributed by atoms with Crippen LogP contribution in [0.1, 0.15) is 16.7 Å². The number of rotatable bonds is 24. The fraction of sp³-hybridized carbons (Fsp3) is 0.111. The third kappa shape index (κ3) is 21.0. The lowest BCUT2D eigenvalue weighted by molar-refractivity contribution is 0.222. The van der Waals surface area contributed by atoms with Crippen LogP contribution in [-0.4, -0.2) is 48.2 Å². The summed E-state index contributed by atoms with van der Waals surface area (Å²) in [5, 5.41) is 11.8. The van der Waals surface area contributed by atoms with Gasteiger partial charge in [0.1, 0.15) is 74.5 Å². The molecule has 0 unspecified atom stereocenters. The van der Waals surface area contributed by atoms with E-state index in [0.29, 0.717) is 0 Å². The van der Waals surface area contributed by atoms with E-state index in [1.54, 1.807) is 24.3 Å². The van der Waals surface area contributed by atoms with Gasteiger partial charge in [0.2, 0.25) is 0 Å². The zero-order valence-corrected chi connectivity index (χ0v) is 59.5. The largest absolute Gasteiger partial charge is 0.490 e. The predicted molar refractivity (Wildman–Crippen MR) is 408 cm³/mol. The Morgan fingerprint density at radius 3 is 1.08 bits per heavy atom. The summed E-state index contributed by atoms with van der Waals surface area (Å²) >= 11 is 3.36. The summed E-state index contributed by atoms with van der Waals surface area (Å²) in [5.74, 6) is 2.27. The van der Waals surface area contributed by atoms with E-state index in [1.807, 2.05) is 128 Å². The molecule has 0 aliphatic heterocycles. The van der Waals surface area contributed by atoms with Crippen molar-refractivity contribution in [1.82, 2.24) is 0 Å². The first-order valence-electron chi connectivity index (χ1n) is 30.9. The van der Waals surface area contributed by atoms with Gasteiger partial charge < -0.3 is 14.2 Å². The van der Waals surface area contributed by atoms with E-state index in [9.17, 15) is 17.2 Å². The van der Waals surface area contributed by atoms with Crippen LogP contribution < -0.4 is 62.0 Å². The SMILES string of the molecule is Br.BrCc1ccccc1.Cc1ccc(S(=O)(=O)OCCOc2ccccc2P(c2ccccc2)c2ccccc2)cc1.[18F]CCOc1ccccc1P(c1ccccc1)c1ccccc1.[18F]CCOc1ccccc1[P+](Cc1ccccc1)(c1ccccc1)c1ccccc1. The van der Waals surface area contributed by atoms with Crippen molar-refractivity contribution < 1.29 is 35.6 Å². The van der Waals surface area contributed by atoms with Gasteiger partial charge in [-0.1, -0.05) is 301 Å². The van der Waals surface area contributed by atoms with E-state index in [4.69, 9.17) is 18.4 Å². The molecule has 0 aliphatic carbocycles. The molecule has 0 bridgehead atoms. The van der Waals surface area contributed by atoms with Crippen molar-refractivity contribution in [2.75, 3.05) is 39.8 Å². The third-order valence-corrected chi connectivity index (χ3v) is 26.1. The summed E-state index contributed by atoms with van der Waals surface area (Å²) < 4.78 is 73.2. The number of aryl methyl sites for hydroxylation is 1. The van der Waals surface area contributed by atoms with Crippen molar-refractivity contribution in [2.24, 2.45) is 0 Å². The van der Waals surface area contributed by atoms with Crippen molar-refractivity contribution in [3.8, 4) is 17.2 Å². The lowest BCUT2D eigenvalue weighted by Crippen LogP contribution is -2.33. The molecule has 12 rings (SSSR count). The zero-order chi connectivity index (χ0) is 65.5. The number of benzene rings is 12. The maximum atomic E-state index is 13.0. The standard InChI is InChI=1S/C27H25FOP.C27H25O4PS.C20H18FOP.C7H7Br.BrH/c28-20-21-29-26-18-10-11-19-27(26)30(24-14-6-2-7-15-24,25-16-8-3-9-17-25)22-23-12-4-1-5-13-23;1-22-16-18-25(19-17-22)33(28,29)31-21-20-30-26-14-8-9-15-27(26)32(23-10-4-2-5-11-23)24-12-6-3-7-13-24;21-15-16-22-19-13-7-8-14-20(19)23(17-9-3-1-4-10-17)18-11-5-2-6-12-18;8-6-7-4-2-1-3-5-7;/h1-19H,20-22H2;2-19H,20-21H2,1H3;1-14H,15-16H2;1-5H,6H2;1H/q+1;;;;/i28-1;;21-1;;. The van der Waals surface area contributed by atoms with Crippen LogP contribution in [0.15, 0.2) is 345 Å². The smallest absolute Gasteiger partial charge is 0.297 e. The molecule has 12 aromatic rings. The van der Waals surface area contributed by atoms with Crippen LogP contribution in [0.3, 0.4) is 0 Å². The number of alkyl halides is 3. The van der Waals surface area contributed by atoms with Crippen LogP contribution in [0.25, 0.3) is 0 Å². The molecule has 484 valence electrons. The van der Waals surface area contributed by atoms with Gasteiger partial charge in [-0.15, -0.1) is 17.0 Å². The summed E-state index contributed by atoms with van der Waals surface area (Å²) in [7, 11) is -7.48. The Labute approximate surface area is 581 Å². The third-order valence-electron chi connectivity index (χ3n) is 14.8. The fourth-order valence-electron chi connectivity index (χ4n) is 10.4. The molecule has 6 nitrogen and oxygen atoms in total. The molecule has 0 aliphatic rings. The zero-order valence-electron chi connectivity index (χ0n) is 52.7. The van der Waals surface area contributed by atoms with Gasteiger partial charge in [-0.2, -0.15) is 8.42 Å². The summed E-state index contributed by atoms with van der Waals surface area (Å²) in [6.45, 7) is 1.12. The molecular formula is C81H76Br2F2O6P3S+. The highest BCUT2D eigenvalue weighted by Crippen LogP contribution is 2.60. The number of ether oxygens (including phenoxy) is 3. The van der Waals surface area contributed by atoms with E-state index < -0.39 is 46.6 Å². The first-order valence-corrected chi connectivity index (χ1v) is 38.1. The van der Waals surface area contributed by atoms with Crippen molar-refractivity contribution >= 4 is 114 Å². The molecule has 0 spiro atoms. The van der Waals surface area contributed by atoms with E-state index >= 15 is 0 Å². The minimum atomic E-state index is -3.82. The lowest BCUT2D eigenvalue weighted by atomic mass is 10.2. The maximum Gasteiger partial charge on any atom is 0.297 e. The van der Waals surface area contributed by atoms with Crippen LogP contribution in [-0.2, 0) is 25.8 Å². The number of halogens is 4. The van der Waals surface area contributed by atoms with Crippen molar-refractivity contribution in [3.63, 3.8) is 0 Å². The molecule has 0 saturated carbocycles. The second kappa shape index (κ2) is 39.2. The Balaban J connectivity index is 0.000000173. The summed E-state index contributed by atoms with van der Waals surface area (Å²) in [6, 6.07) is 114. The maximum absolute atomic E-state index is 13.0. The van der Waals surface area contributed by atoms with E-state index in [2.05, 4.69) is 210 Å². The van der Waals surface area contributed by atoms with Crippen molar-refractivity contribution in [3.05, 3.63) is 356 Å². The van der Waals surface area contributed by atoms with Gasteiger partial charge >= 0.3 is 0 Å². The highest BCUT2D eigenvalue weighted by atomic mass is 79.9. The van der Waals surface area contributed by atoms with E-state index in [-0.39, 0.29) is 48.3 Å². The Hall–Kier alpha value is -7.94. The quantitative estimate of drug-likeness (QED) is 0.0260. The average molecular weight is 1470 g/mol. The average Bonchev–Trinajstić information content (AvgIpc) is 0.754. The van der Waals surface area contributed by atoms with Gasteiger partial charge in [0.15, 0.2) is 5.75 Å². The topological polar surface area (TPSA) is 71.1 Å². The molecular weight excluding hydrogens is 1390 g/mol. The Morgan fingerprint density at radius 1 is 0.368 bits per heavy atom. The molecule has 14 heteroatoms. The van der Waals surface area contributed by atoms with E-state index in [1.165, 1.54) is 43.0 Å². The lowest BCUT2D eigenvalue weighted by Gasteiger charge is -2.29. The summed E-state index contributed by atoms with van der Waals surface area (Å²) in [4.78, 5) is 0.144. The Kier molecular flexibility index (Phi) is 30.1. The van der Waals surface area contributed by atoms with Gasteiger partial charge in [0, 0.05) is 15.9 Å². The van der Waals surface area contributed by atoms with Gasteiger partial charge in [-0.3, -0.25) is 4.18 Å². The number of hydrogen-bond donors (Lipinski definition) is 0. The van der Waals surface area contributed by atoms with Crippen molar-refractivity contribution in [2.45, 2.75) is 23.3 Å². The Bertz CT molecular complexity index is 4110. The molecule has 0 N–H and O–H groups in total. The predicted octanol–water partition coefficient (Wildman–Crippen LogP) is 17.0. The summed E-state index contributed by atoms with van der Waals surface area (Å²) in [6.07, 6.45) is 0.873. The minimum absolute atomic E-state index is 0. The monoisotopic (exact) mass is 1460 g/mol. The molecule has 0 atom stereocenters. The van der Waals surface area contributed by atoms with E-state index in [0.717, 1.165) is 50.2 Å². The van der Waals surface area contributed by atoms with Crippen LogP contribution in [0.5, 0.6) is 17.2 Å². The van der Waals surface area contributed by atoms with Crippen LogP contribution in [0, 0.1) is 6.92 Å². The molecule has 0 radical (unpaired) electrons. The first-order chi connectivity index (χ1) is 46.2. The normalized spacial score (nSPS) is 10.9. The van der Waals surface area contributed by atoms with Gasteiger partial charge in [0.05, 0.1) is 11.1 Å². The molecule has 0 amide bonds. The molecule has 0 fully saturated rings. The molecule has 0 aromatic heterocycles. The fourth-order valence-corrected chi connectivity index (χ4v) is 20.8. The van der Waals surface area contributed by atoms with Gasteiger partial charge in [-0.05, 0) is 116 Å². The van der Waals surface area contributed by atoms with Crippen molar-refractivity contribution in [1.29, 1.82) is 0 Å². The highest BCUT2D eigenvalue weighted by molar-refractivity contribution is 9.08. The summed E-state index contributed by atoms with van der Waals surface area (Å²) in [5.41, 5.74) is 3.59. The number of hydrogen-bond acceptors (Lipinski definition) is 6. The highest BCUT2D eigenvalue weighted by Gasteiger charge is 2.47. The first kappa shape index (κ1) is 72.9. The molecule has 0 heterocycles.